The quantitative estimate of drug-likeness (QED) is 0.694. The maximum atomic E-state index is 12.9. The van der Waals surface area contributed by atoms with E-state index >= 15 is 0 Å². The van der Waals surface area contributed by atoms with E-state index in [0.717, 1.165) is 63.5 Å². The molecule has 5 heteroatoms. The van der Waals surface area contributed by atoms with Crippen LogP contribution < -0.4 is 16.4 Å². The Morgan fingerprint density at radius 1 is 0.821 bits per heavy atom. The molecule has 0 aromatic heterocycles. The van der Waals surface area contributed by atoms with Crippen molar-refractivity contribution in [1.29, 1.82) is 0 Å². The summed E-state index contributed by atoms with van der Waals surface area (Å²) < 4.78 is 0. The first-order chi connectivity index (χ1) is 13.6. The predicted molar refractivity (Wildman–Crippen MR) is 111 cm³/mol. The Hall–Kier alpha value is -2.04. The summed E-state index contributed by atoms with van der Waals surface area (Å²) in [5.41, 5.74) is 9.21. The third-order valence-electron chi connectivity index (χ3n) is 6.97. The molecular formula is C23H33N3O2. The monoisotopic (exact) mass is 383 g/mol. The number of nitrogen functional groups attached to an aromatic ring is 1. The van der Waals surface area contributed by atoms with Crippen LogP contribution in [0.15, 0.2) is 18.2 Å². The molecule has 2 saturated carbocycles. The number of hydrogen-bond acceptors (Lipinski definition) is 3. The zero-order valence-corrected chi connectivity index (χ0v) is 16.7. The Morgan fingerprint density at radius 2 is 1.50 bits per heavy atom. The second kappa shape index (κ2) is 8.54. The molecule has 0 bridgehead atoms. The van der Waals surface area contributed by atoms with Crippen molar-refractivity contribution < 1.29 is 9.59 Å². The Kier molecular flexibility index (Phi) is 5.88. The summed E-state index contributed by atoms with van der Waals surface area (Å²) in [4.78, 5) is 25.2. The van der Waals surface area contributed by atoms with Gasteiger partial charge < -0.3 is 16.4 Å². The maximum Gasteiger partial charge on any atom is 0.223 e. The molecule has 2 fully saturated rings. The molecule has 0 saturated heterocycles. The summed E-state index contributed by atoms with van der Waals surface area (Å²) in [7, 11) is 0. The molecule has 0 heterocycles. The van der Waals surface area contributed by atoms with Gasteiger partial charge in [-0.05, 0) is 81.0 Å². The molecule has 28 heavy (non-hydrogen) atoms. The maximum absolute atomic E-state index is 12.9. The molecule has 3 aliphatic carbocycles. The summed E-state index contributed by atoms with van der Waals surface area (Å²) in [5, 5.41) is 6.53. The fourth-order valence-corrected chi connectivity index (χ4v) is 5.28. The van der Waals surface area contributed by atoms with Gasteiger partial charge in [0.05, 0.1) is 6.04 Å². The molecule has 4 N–H and O–H groups in total. The van der Waals surface area contributed by atoms with Crippen LogP contribution in [-0.4, -0.2) is 17.9 Å². The zero-order valence-electron chi connectivity index (χ0n) is 16.7. The molecule has 0 spiro atoms. The molecule has 2 amide bonds. The normalized spacial score (nSPS) is 27.8. The molecule has 1 aromatic carbocycles. The topological polar surface area (TPSA) is 84.2 Å². The fraction of sp³-hybridized carbons (Fsp3) is 0.652. The van der Waals surface area contributed by atoms with Crippen LogP contribution in [0.3, 0.4) is 0 Å². The minimum Gasteiger partial charge on any atom is -0.399 e. The number of aryl methyl sites for hydroxylation is 1. The van der Waals surface area contributed by atoms with Gasteiger partial charge in [0.15, 0.2) is 0 Å². The van der Waals surface area contributed by atoms with Gasteiger partial charge in [-0.15, -0.1) is 0 Å². The van der Waals surface area contributed by atoms with Crippen LogP contribution in [0.25, 0.3) is 0 Å². The number of carbonyl (C=O) groups is 2. The first-order valence-electron chi connectivity index (χ1n) is 11.1. The summed E-state index contributed by atoms with van der Waals surface area (Å²) in [6, 6.07) is 6.41. The van der Waals surface area contributed by atoms with Gasteiger partial charge in [-0.3, -0.25) is 9.59 Å². The van der Waals surface area contributed by atoms with E-state index in [0.29, 0.717) is 0 Å². The summed E-state index contributed by atoms with van der Waals surface area (Å²) >= 11 is 0. The van der Waals surface area contributed by atoms with E-state index in [-0.39, 0.29) is 35.7 Å². The van der Waals surface area contributed by atoms with Gasteiger partial charge in [-0.25, -0.2) is 0 Å². The number of fused-ring (bicyclic) bond motifs is 1. The largest absolute Gasteiger partial charge is 0.399 e. The number of nitrogens with one attached hydrogen (secondary N) is 2. The molecule has 1 aromatic rings. The van der Waals surface area contributed by atoms with E-state index in [1.54, 1.807) is 0 Å². The van der Waals surface area contributed by atoms with Crippen LogP contribution in [0.5, 0.6) is 0 Å². The Balaban J connectivity index is 1.27. The van der Waals surface area contributed by atoms with Gasteiger partial charge in [-0.1, -0.05) is 18.9 Å². The highest BCUT2D eigenvalue weighted by molar-refractivity contribution is 5.80. The third-order valence-corrected chi connectivity index (χ3v) is 6.97. The van der Waals surface area contributed by atoms with Crippen molar-refractivity contribution >= 4 is 17.5 Å². The second-order valence-corrected chi connectivity index (χ2v) is 8.95. The Morgan fingerprint density at radius 3 is 2.25 bits per heavy atom. The molecule has 0 aliphatic heterocycles. The number of benzene rings is 1. The lowest BCUT2D eigenvalue weighted by Crippen LogP contribution is -2.43. The van der Waals surface area contributed by atoms with Crippen LogP contribution in [0.1, 0.15) is 81.4 Å². The van der Waals surface area contributed by atoms with E-state index < -0.39 is 0 Å². The van der Waals surface area contributed by atoms with Gasteiger partial charge in [-0.2, -0.15) is 0 Å². The lowest BCUT2D eigenvalue weighted by molar-refractivity contribution is -0.127. The molecule has 1 atom stereocenters. The first kappa shape index (κ1) is 19.3. The number of amides is 2. The van der Waals surface area contributed by atoms with Crippen LogP contribution in [0.4, 0.5) is 5.69 Å². The van der Waals surface area contributed by atoms with Crippen molar-refractivity contribution in [2.24, 2.45) is 11.8 Å². The SMILES string of the molecule is Nc1ccc2c(c1)CCCC2NC(=O)C1CCC(NC(=O)C2CCCC2)CC1. The minimum absolute atomic E-state index is 0.0683. The second-order valence-electron chi connectivity index (χ2n) is 8.95. The van der Waals surface area contributed by atoms with Crippen molar-refractivity contribution in [2.45, 2.75) is 82.7 Å². The van der Waals surface area contributed by atoms with E-state index in [2.05, 4.69) is 16.7 Å². The van der Waals surface area contributed by atoms with Gasteiger partial charge in [0, 0.05) is 23.6 Å². The summed E-state index contributed by atoms with van der Waals surface area (Å²) in [6.07, 6.45) is 11.1. The smallest absolute Gasteiger partial charge is 0.223 e. The fourth-order valence-electron chi connectivity index (χ4n) is 5.28. The predicted octanol–water partition coefficient (Wildman–Crippen LogP) is 3.63. The van der Waals surface area contributed by atoms with Gasteiger partial charge >= 0.3 is 0 Å². The first-order valence-corrected chi connectivity index (χ1v) is 11.1. The van der Waals surface area contributed by atoms with E-state index in [1.165, 1.54) is 24.0 Å². The van der Waals surface area contributed by atoms with Crippen LogP contribution >= 0.6 is 0 Å². The molecule has 152 valence electrons. The molecule has 3 aliphatic rings. The van der Waals surface area contributed by atoms with Crippen molar-refractivity contribution in [2.75, 3.05) is 5.73 Å². The minimum atomic E-state index is 0.0683. The lowest BCUT2D eigenvalue weighted by Gasteiger charge is -2.32. The molecule has 5 nitrogen and oxygen atoms in total. The Bertz CT molecular complexity index is 719. The molecular weight excluding hydrogens is 350 g/mol. The van der Waals surface area contributed by atoms with Crippen molar-refractivity contribution in [3.8, 4) is 0 Å². The summed E-state index contributed by atoms with van der Waals surface area (Å²) in [6.45, 7) is 0. The molecule has 0 radical (unpaired) electrons. The number of anilines is 1. The zero-order chi connectivity index (χ0) is 19.5. The van der Waals surface area contributed by atoms with Gasteiger partial charge in [0.25, 0.3) is 0 Å². The number of hydrogen-bond donors (Lipinski definition) is 3. The standard InChI is InChI=1S/C23H33N3O2/c24-18-10-13-20-17(14-18)6-3-7-21(20)26-23(28)16-8-11-19(12-9-16)25-22(27)15-4-1-2-5-15/h10,13-16,19,21H,1-9,11-12,24H2,(H,25,27)(H,26,28). The van der Waals surface area contributed by atoms with E-state index in [4.69, 9.17) is 5.73 Å². The molecule has 1 unspecified atom stereocenters. The lowest BCUT2D eigenvalue weighted by atomic mass is 9.83. The Labute approximate surface area is 167 Å². The third kappa shape index (κ3) is 4.34. The van der Waals surface area contributed by atoms with Crippen LogP contribution in [0.2, 0.25) is 0 Å². The van der Waals surface area contributed by atoms with E-state index in [9.17, 15) is 9.59 Å². The van der Waals surface area contributed by atoms with Crippen molar-refractivity contribution in [1.82, 2.24) is 10.6 Å². The average molecular weight is 384 g/mol. The van der Waals surface area contributed by atoms with Crippen LogP contribution in [0, 0.1) is 11.8 Å². The van der Waals surface area contributed by atoms with Gasteiger partial charge in [0.1, 0.15) is 0 Å². The van der Waals surface area contributed by atoms with Gasteiger partial charge in [0.2, 0.25) is 11.8 Å². The van der Waals surface area contributed by atoms with Crippen LogP contribution in [-0.2, 0) is 16.0 Å². The summed E-state index contributed by atoms with van der Waals surface area (Å²) in [5.74, 6) is 0.707. The number of carbonyl (C=O) groups excluding carboxylic acids is 2. The number of rotatable bonds is 4. The highest BCUT2D eigenvalue weighted by atomic mass is 16.2. The highest BCUT2D eigenvalue weighted by Gasteiger charge is 2.31. The van der Waals surface area contributed by atoms with Crippen molar-refractivity contribution in [3.05, 3.63) is 29.3 Å². The average Bonchev–Trinajstić information content (AvgIpc) is 3.23. The van der Waals surface area contributed by atoms with E-state index in [1.807, 2.05) is 12.1 Å². The molecule has 4 rings (SSSR count). The van der Waals surface area contributed by atoms with Crippen molar-refractivity contribution in [3.63, 3.8) is 0 Å². The number of nitrogens with two attached hydrogens (primary N) is 1. The highest BCUT2D eigenvalue weighted by Crippen LogP contribution is 2.33.